The van der Waals surface area contributed by atoms with Crippen LogP contribution >= 0.6 is 0 Å². The van der Waals surface area contributed by atoms with E-state index in [0.717, 1.165) is 6.42 Å². The summed E-state index contributed by atoms with van der Waals surface area (Å²) in [6.45, 7) is 7.65. The molecule has 0 aromatic heterocycles. The van der Waals surface area contributed by atoms with Crippen molar-refractivity contribution in [1.29, 1.82) is 0 Å². The lowest BCUT2D eigenvalue weighted by Crippen LogP contribution is -2.65. The summed E-state index contributed by atoms with van der Waals surface area (Å²) in [6.07, 6.45) is -3.19. The van der Waals surface area contributed by atoms with Crippen molar-refractivity contribution in [2.45, 2.75) is 89.1 Å². The fourth-order valence-electron chi connectivity index (χ4n) is 5.28. The fraction of sp³-hybridized carbons (Fsp3) is 0.875. The molecule has 4 aliphatic rings. The van der Waals surface area contributed by atoms with Crippen LogP contribution in [0.1, 0.15) is 40.5 Å². The number of rotatable bonds is 7. The van der Waals surface area contributed by atoms with E-state index in [4.69, 9.17) is 37.9 Å². The SMILES string of the molecule is COC(=O)C1=CO[C@@H](O[C@@H]2O[C@@H]3COC(C)(C)O[C@H]3[C@H](O)[C@H]2O)[C@@H]2[C@@H](COC(C)(C)OC)CC[C@H]12. The quantitative estimate of drug-likeness (QED) is 0.383. The lowest BCUT2D eigenvalue weighted by atomic mass is 9.83. The molecule has 4 rings (SSSR count). The Morgan fingerprint density at radius 1 is 1.17 bits per heavy atom. The molecular weight excluding hydrogens is 464 g/mol. The van der Waals surface area contributed by atoms with Crippen LogP contribution in [0.2, 0.25) is 0 Å². The van der Waals surface area contributed by atoms with Crippen molar-refractivity contribution in [2.75, 3.05) is 27.4 Å². The minimum atomic E-state index is -1.37. The summed E-state index contributed by atoms with van der Waals surface area (Å²) in [7, 11) is 2.91. The number of carbonyl (C=O) groups is 1. The third-order valence-electron chi connectivity index (χ3n) is 7.38. The summed E-state index contributed by atoms with van der Waals surface area (Å²) in [5.41, 5.74) is 0.437. The molecule has 35 heavy (non-hydrogen) atoms. The first-order valence-electron chi connectivity index (χ1n) is 12.1. The molecule has 2 N–H and O–H groups in total. The molecule has 0 radical (unpaired) electrons. The van der Waals surface area contributed by atoms with E-state index in [1.54, 1.807) is 21.0 Å². The van der Waals surface area contributed by atoms with Crippen LogP contribution in [-0.4, -0.2) is 92.2 Å². The summed E-state index contributed by atoms with van der Waals surface area (Å²) < 4.78 is 45.7. The second kappa shape index (κ2) is 10.2. The summed E-state index contributed by atoms with van der Waals surface area (Å²) in [5.74, 6) is -2.61. The number of carbonyl (C=O) groups excluding carboxylic acids is 1. The molecule has 0 spiro atoms. The fourth-order valence-corrected chi connectivity index (χ4v) is 5.28. The number of hydrogen-bond donors (Lipinski definition) is 2. The number of esters is 1. The average Bonchev–Trinajstić information content (AvgIpc) is 3.25. The van der Waals surface area contributed by atoms with Gasteiger partial charge in [-0.15, -0.1) is 0 Å². The van der Waals surface area contributed by atoms with Crippen molar-refractivity contribution >= 4 is 5.97 Å². The molecule has 1 aliphatic carbocycles. The van der Waals surface area contributed by atoms with Crippen LogP contribution in [0.15, 0.2) is 11.8 Å². The van der Waals surface area contributed by atoms with Crippen molar-refractivity contribution in [2.24, 2.45) is 17.8 Å². The van der Waals surface area contributed by atoms with Crippen LogP contribution in [0.4, 0.5) is 0 Å². The van der Waals surface area contributed by atoms with Crippen molar-refractivity contribution in [3.63, 3.8) is 0 Å². The molecule has 3 heterocycles. The molecule has 3 aliphatic heterocycles. The van der Waals surface area contributed by atoms with Gasteiger partial charge in [-0.1, -0.05) is 0 Å². The molecule has 9 atom stereocenters. The lowest BCUT2D eigenvalue weighted by Gasteiger charge is -2.49. The first-order valence-corrected chi connectivity index (χ1v) is 12.1. The van der Waals surface area contributed by atoms with Gasteiger partial charge in [0.15, 0.2) is 17.9 Å². The standard InChI is InChI=1S/C24H38O11/c1-23(2,29-6)31-9-12-7-8-13-14(20(27)28-5)10-30-21(16(12)13)34-22-18(26)17(25)19-15(33-22)11-32-24(3,4)35-19/h10,12-13,15-19,21-22,25-26H,7-9,11H2,1-6H3/t12-,13-,15-,16-,17-,18-,19-,21+,22+/m1/s1. The number of aliphatic hydroxyl groups excluding tert-OH is 2. The molecule has 2 saturated heterocycles. The van der Waals surface area contributed by atoms with Gasteiger partial charge in [0, 0.05) is 18.9 Å². The van der Waals surface area contributed by atoms with E-state index >= 15 is 0 Å². The van der Waals surface area contributed by atoms with Gasteiger partial charge in [-0.25, -0.2) is 4.79 Å². The van der Waals surface area contributed by atoms with Crippen LogP contribution in [0, 0.1) is 17.8 Å². The third kappa shape index (κ3) is 5.52. The highest BCUT2D eigenvalue weighted by Gasteiger charge is 2.54. The third-order valence-corrected chi connectivity index (χ3v) is 7.38. The zero-order valence-corrected chi connectivity index (χ0v) is 21.2. The van der Waals surface area contributed by atoms with E-state index in [1.165, 1.54) is 13.4 Å². The Morgan fingerprint density at radius 2 is 1.91 bits per heavy atom. The zero-order valence-electron chi connectivity index (χ0n) is 21.2. The van der Waals surface area contributed by atoms with Crippen LogP contribution in [0.3, 0.4) is 0 Å². The van der Waals surface area contributed by atoms with E-state index in [1.807, 2.05) is 13.8 Å². The molecule has 0 aromatic carbocycles. The molecule has 11 heteroatoms. The summed E-state index contributed by atoms with van der Waals surface area (Å²) in [6, 6.07) is 0. The first-order chi connectivity index (χ1) is 16.5. The predicted molar refractivity (Wildman–Crippen MR) is 118 cm³/mol. The van der Waals surface area contributed by atoms with Gasteiger partial charge in [-0.2, -0.15) is 0 Å². The van der Waals surface area contributed by atoms with Crippen molar-refractivity contribution in [3.8, 4) is 0 Å². The van der Waals surface area contributed by atoms with Crippen LogP contribution in [0.5, 0.6) is 0 Å². The van der Waals surface area contributed by atoms with Crippen LogP contribution in [0.25, 0.3) is 0 Å². The summed E-state index contributed by atoms with van der Waals surface area (Å²) in [5, 5.41) is 21.6. The molecular formula is C24H38O11. The summed E-state index contributed by atoms with van der Waals surface area (Å²) in [4.78, 5) is 12.4. The van der Waals surface area contributed by atoms with E-state index in [2.05, 4.69) is 0 Å². The Balaban J connectivity index is 1.51. The van der Waals surface area contributed by atoms with Gasteiger partial charge in [-0.3, -0.25) is 0 Å². The molecule has 0 amide bonds. The predicted octanol–water partition coefficient (Wildman–Crippen LogP) is 1.06. The van der Waals surface area contributed by atoms with Gasteiger partial charge < -0.3 is 48.1 Å². The highest BCUT2D eigenvalue weighted by molar-refractivity contribution is 5.89. The molecule has 0 bridgehead atoms. The van der Waals surface area contributed by atoms with Gasteiger partial charge >= 0.3 is 5.97 Å². The molecule has 0 unspecified atom stereocenters. The van der Waals surface area contributed by atoms with Gasteiger partial charge in [0.2, 0.25) is 6.29 Å². The second-order valence-electron chi connectivity index (χ2n) is 10.5. The molecule has 0 aromatic rings. The Hall–Kier alpha value is -1.31. The van der Waals surface area contributed by atoms with E-state index in [9.17, 15) is 15.0 Å². The van der Waals surface area contributed by atoms with E-state index in [0.29, 0.717) is 18.6 Å². The number of aliphatic hydroxyl groups is 2. The smallest absolute Gasteiger partial charge is 0.337 e. The highest BCUT2D eigenvalue weighted by Crippen LogP contribution is 2.48. The van der Waals surface area contributed by atoms with Gasteiger partial charge in [0.1, 0.15) is 24.4 Å². The zero-order chi connectivity index (χ0) is 25.5. The van der Waals surface area contributed by atoms with Crippen molar-refractivity contribution in [1.82, 2.24) is 0 Å². The minimum absolute atomic E-state index is 0.0201. The first kappa shape index (κ1) is 26.7. The number of methoxy groups -OCH3 is 2. The van der Waals surface area contributed by atoms with Gasteiger partial charge in [0.25, 0.3) is 0 Å². The molecule has 3 fully saturated rings. The van der Waals surface area contributed by atoms with Gasteiger partial charge in [-0.05, 0) is 46.5 Å². The number of ether oxygens (including phenoxy) is 8. The van der Waals surface area contributed by atoms with Crippen LogP contribution < -0.4 is 0 Å². The topological polar surface area (TPSA) is 131 Å². The van der Waals surface area contributed by atoms with Crippen molar-refractivity contribution < 1.29 is 52.9 Å². The maximum Gasteiger partial charge on any atom is 0.337 e. The monoisotopic (exact) mass is 502 g/mol. The lowest BCUT2D eigenvalue weighted by molar-refractivity contribution is -0.397. The average molecular weight is 503 g/mol. The maximum atomic E-state index is 12.4. The molecule has 200 valence electrons. The second-order valence-corrected chi connectivity index (χ2v) is 10.5. The summed E-state index contributed by atoms with van der Waals surface area (Å²) >= 11 is 0. The molecule has 11 nitrogen and oxygen atoms in total. The Labute approximate surface area is 205 Å². The Kier molecular flexibility index (Phi) is 7.81. The largest absolute Gasteiger partial charge is 0.472 e. The van der Waals surface area contributed by atoms with E-state index < -0.39 is 54.5 Å². The van der Waals surface area contributed by atoms with Crippen molar-refractivity contribution in [3.05, 3.63) is 11.8 Å². The number of fused-ring (bicyclic) bond motifs is 2. The van der Waals surface area contributed by atoms with Crippen LogP contribution in [-0.2, 0) is 42.7 Å². The van der Waals surface area contributed by atoms with Gasteiger partial charge in [0.05, 0.1) is 32.2 Å². The molecule has 1 saturated carbocycles. The normalized spacial score (nSPS) is 40.8. The van der Waals surface area contributed by atoms with E-state index in [-0.39, 0.29) is 24.4 Å². The highest BCUT2D eigenvalue weighted by atomic mass is 16.8. The number of hydrogen-bond acceptors (Lipinski definition) is 11. The Morgan fingerprint density at radius 3 is 2.60 bits per heavy atom. The minimum Gasteiger partial charge on any atom is -0.472 e. The maximum absolute atomic E-state index is 12.4. The Bertz CT molecular complexity index is 794.